The summed E-state index contributed by atoms with van der Waals surface area (Å²) in [6, 6.07) is 13.2. The molecule has 0 saturated heterocycles. The molecule has 2 heterocycles. The maximum absolute atomic E-state index is 12.5. The van der Waals surface area contributed by atoms with Crippen LogP contribution < -0.4 is 20.5 Å². The number of fused-ring (bicyclic) bond motifs is 1. The Labute approximate surface area is 159 Å². The number of amides is 1. The minimum absolute atomic E-state index is 0.0882. The molecule has 27 heavy (non-hydrogen) atoms. The summed E-state index contributed by atoms with van der Waals surface area (Å²) in [5, 5.41) is 10.8. The normalized spacial score (nSPS) is 12.2. The van der Waals surface area contributed by atoms with Crippen molar-refractivity contribution in [2.45, 2.75) is 11.4 Å². The van der Waals surface area contributed by atoms with Gasteiger partial charge in [-0.1, -0.05) is 17.3 Å². The molecular formula is C18H17N5O3S. The summed E-state index contributed by atoms with van der Waals surface area (Å²) in [4.78, 5) is 13.5. The van der Waals surface area contributed by atoms with Crippen molar-refractivity contribution in [2.75, 3.05) is 18.8 Å². The lowest BCUT2D eigenvalue weighted by Gasteiger charge is -2.06. The first-order valence-corrected chi connectivity index (χ1v) is 9.40. The molecule has 1 aromatic heterocycles. The lowest BCUT2D eigenvalue weighted by Crippen LogP contribution is -2.24. The van der Waals surface area contributed by atoms with Crippen molar-refractivity contribution in [1.82, 2.24) is 20.3 Å². The molecule has 1 amide bonds. The van der Waals surface area contributed by atoms with Gasteiger partial charge in [0.15, 0.2) is 23.0 Å². The molecule has 9 heteroatoms. The number of ether oxygens (including phenoxy) is 2. The van der Waals surface area contributed by atoms with Gasteiger partial charge in [-0.05, 0) is 42.2 Å². The SMILES string of the molecule is CSc1cccc(-n2nnc(C(=O)NCc3ccc4c(c3)OCO4)c2N)c1. The smallest absolute Gasteiger partial charge is 0.275 e. The second-order valence-electron chi connectivity index (χ2n) is 5.81. The van der Waals surface area contributed by atoms with Gasteiger partial charge in [0, 0.05) is 11.4 Å². The maximum atomic E-state index is 12.5. The van der Waals surface area contributed by atoms with Crippen LogP contribution in [-0.4, -0.2) is 33.9 Å². The van der Waals surface area contributed by atoms with Crippen LogP contribution in [0, 0.1) is 0 Å². The monoisotopic (exact) mass is 383 g/mol. The number of hydrogen-bond acceptors (Lipinski definition) is 7. The summed E-state index contributed by atoms with van der Waals surface area (Å²) in [5.41, 5.74) is 7.82. The fourth-order valence-corrected chi connectivity index (χ4v) is 3.15. The Morgan fingerprint density at radius 3 is 2.96 bits per heavy atom. The van der Waals surface area contributed by atoms with Crippen molar-refractivity contribution in [1.29, 1.82) is 0 Å². The van der Waals surface area contributed by atoms with Gasteiger partial charge in [-0.15, -0.1) is 16.9 Å². The van der Waals surface area contributed by atoms with Crippen LogP contribution >= 0.6 is 11.8 Å². The van der Waals surface area contributed by atoms with Crippen LogP contribution in [0.15, 0.2) is 47.4 Å². The average Bonchev–Trinajstić information content (AvgIpc) is 3.32. The van der Waals surface area contributed by atoms with E-state index in [-0.39, 0.29) is 18.3 Å². The number of hydrogen-bond donors (Lipinski definition) is 2. The highest BCUT2D eigenvalue weighted by Gasteiger charge is 2.19. The number of rotatable bonds is 5. The molecule has 138 valence electrons. The van der Waals surface area contributed by atoms with Crippen molar-refractivity contribution in [2.24, 2.45) is 0 Å². The van der Waals surface area contributed by atoms with Crippen LogP contribution in [0.25, 0.3) is 5.69 Å². The maximum Gasteiger partial charge on any atom is 0.275 e. The Balaban J connectivity index is 1.48. The second kappa shape index (κ2) is 7.20. The third-order valence-corrected chi connectivity index (χ3v) is 4.83. The number of carbonyl (C=O) groups is 1. The summed E-state index contributed by atoms with van der Waals surface area (Å²) in [5.74, 6) is 1.17. The molecule has 0 atom stereocenters. The van der Waals surface area contributed by atoms with E-state index < -0.39 is 5.91 Å². The van der Waals surface area contributed by atoms with E-state index in [0.717, 1.165) is 16.1 Å². The van der Waals surface area contributed by atoms with Gasteiger partial charge in [0.1, 0.15) is 0 Å². The molecule has 0 spiro atoms. The molecule has 0 fully saturated rings. The second-order valence-corrected chi connectivity index (χ2v) is 6.69. The third kappa shape index (κ3) is 3.41. The molecule has 0 unspecified atom stereocenters. The first kappa shape index (κ1) is 17.2. The van der Waals surface area contributed by atoms with Crippen molar-refractivity contribution in [3.63, 3.8) is 0 Å². The molecule has 0 bridgehead atoms. The first-order valence-electron chi connectivity index (χ1n) is 8.18. The molecule has 3 aromatic rings. The van der Waals surface area contributed by atoms with E-state index in [2.05, 4.69) is 15.6 Å². The standard InChI is InChI=1S/C18H17N5O3S/c1-27-13-4-2-3-12(8-13)23-17(19)16(21-22-23)18(24)20-9-11-5-6-14-15(7-11)26-10-25-14/h2-8H,9-10,19H2,1H3,(H,20,24). The summed E-state index contributed by atoms with van der Waals surface area (Å²) in [6.45, 7) is 0.520. The van der Waals surface area contributed by atoms with Crippen LogP contribution in [0.2, 0.25) is 0 Å². The number of carbonyl (C=O) groups excluding carboxylic acids is 1. The predicted molar refractivity (Wildman–Crippen MR) is 101 cm³/mol. The van der Waals surface area contributed by atoms with E-state index in [9.17, 15) is 4.79 Å². The van der Waals surface area contributed by atoms with Gasteiger partial charge >= 0.3 is 0 Å². The number of nitrogens with one attached hydrogen (secondary N) is 1. The van der Waals surface area contributed by atoms with E-state index in [0.29, 0.717) is 18.0 Å². The van der Waals surface area contributed by atoms with Crippen molar-refractivity contribution in [3.05, 3.63) is 53.7 Å². The van der Waals surface area contributed by atoms with Gasteiger partial charge in [0.2, 0.25) is 6.79 Å². The highest BCUT2D eigenvalue weighted by molar-refractivity contribution is 7.98. The first-order chi connectivity index (χ1) is 13.2. The van der Waals surface area contributed by atoms with E-state index in [1.54, 1.807) is 11.8 Å². The molecular weight excluding hydrogens is 366 g/mol. The largest absolute Gasteiger partial charge is 0.454 e. The zero-order valence-corrected chi connectivity index (χ0v) is 15.3. The van der Waals surface area contributed by atoms with Crippen LogP contribution in [0.5, 0.6) is 11.5 Å². The van der Waals surface area contributed by atoms with Gasteiger partial charge in [0.25, 0.3) is 5.91 Å². The molecule has 0 aliphatic carbocycles. The Hall–Kier alpha value is -3.20. The Kier molecular flexibility index (Phi) is 4.59. The average molecular weight is 383 g/mol. The van der Waals surface area contributed by atoms with Crippen molar-refractivity contribution >= 4 is 23.5 Å². The number of anilines is 1. The molecule has 0 radical (unpaired) electrons. The zero-order valence-electron chi connectivity index (χ0n) is 14.5. The molecule has 0 saturated carbocycles. The number of nitrogens with two attached hydrogens (primary N) is 1. The predicted octanol–water partition coefficient (Wildman–Crippen LogP) is 2.23. The Morgan fingerprint density at radius 2 is 2.11 bits per heavy atom. The van der Waals surface area contributed by atoms with Crippen LogP contribution in [-0.2, 0) is 6.54 Å². The minimum Gasteiger partial charge on any atom is -0.454 e. The number of aromatic nitrogens is 3. The molecule has 1 aliphatic rings. The summed E-state index contributed by atoms with van der Waals surface area (Å²) >= 11 is 1.61. The Bertz CT molecular complexity index is 1000. The third-order valence-electron chi connectivity index (χ3n) is 4.11. The van der Waals surface area contributed by atoms with Crippen LogP contribution in [0.4, 0.5) is 5.82 Å². The fraction of sp³-hybridized carbons (Fsp3) is 0.167. The van der Waals surface area contributed by atoms with Crippen molar-refractivity contribution < 1.29 is 14.3 Å². The van der Waals surface area contributed by atoms with Gasteiger partial charge in [0.05, 0.1) is 5.69 Å². The number of nitrogens with zero attached hydrogens (tertiary/aromatic N) is 3. The molecule has 2 aromatic carbocycles. The van der Waals surface area contributed by atoms with Crippen LogP contribution in [0.3, 0.4) is 0 Å². The zero-order chi connectivity index (χ0) is 18.8. The van der Waals surface area contributed by atoms with Gasteiger partial charge in [-0.25, -0.2) is 0 Å². The molecule has 8 nitrogen and oxygen atoms in total. The summed E-state index contributed by atoms with van der Waals surface area (Å²) < 4.78 is 12.1. The van der Waals surface area contributed by atoms with E-state index in [1.165, 1.54) is 4.68 Å². The van der Waals surface area contributed by atoms with Gasteiger partial charge in [-0.2, -0.15) is 4.68 Å². The van der Waals surface area contributed by atoms with Gasteiger partial charge < -0.3 is 20.5 Å². The van der Waals surface area contributed by atoms with E-state index in [4.69, 9.17) is 15.2 Å². The lowest BCUT2D eigenvalue weighted by atomic mass is 10.2. The van der Waals surface area contributed by atoms with E-state index >= 15 is 0 Å². The molecule has 3 N–H and O–H groups in total. The minimum atomic E-state index is -0.391. The highest BCUT2D eigenvalue weighted by Crippen LogP contribution is 2.32. The Morgan fingerprint density at radius 1 is 1.26 bits per heavy atom. The number of thioether (sulfide) groups is 1. The lowest BCUT2D eigenvalue weighted by molar-refractivity contribution is 0.0946. The summed E-state index contributed by atoms with van der Waals surface area (Å²) in [6.07, 6.45) is 1.98. The fourth-order valence-electron chi connectivity index (χ4n) is 2.70. The van der Waals surface area contributed by atoms with E-state index in [1.807, 2.05) is 48.7 Å². The van der Waals surface area contributed by atoms with Crippen LogP contribution in [0.1, 0.15) is 16.1 Å². The topological polar surface area (TPSA) is 104 Å². The van der Waals surface area contributed by atoms with Crippen molar-refractivity contribution in [3.8, 4) is 17.2 Å². The highest BCUT2D eigenvalue weighted by atomic mass is 32.2. The summed E-state index contributed by atoms with van der Waals surface area (Å²) in [7, 11) is 0. The molecule has 4 rings (SSSR count). The molecule has 1 aliphatic heterocycles. The number of nitrogen functional groups attached to an aromatic ring is 1. The quantitative estimate of drug-likeness (QED) is 0.651. The number of benzene rings is 2. The van der Waals surface area contributed by atoms with Gasteiger partial charge in [-0.3, -0.25) is 4.79 Å².